The molecule has 2 rings (SSSR count). The molecule has 0 bridgehead atoms. The van der Waals surface area contributed by atoms with Crippen molar-refractivity contribution < 1.29 is 4.79 Å². The number of likely N-dealkylation sites (N-methyl/N-ethyl adjacent to an activating group) is 1. The van der Waals surface area contributed by atoms with Crippen LogP contribution in [0.2, 0.25) is 0 Å². The van der Waals surface area contributed by atoms with Gasteiger partial charge in [-0.2, -0.15) is 0 Å². The molecule has 0 aliphatic heterocycles. The van der Waals surface area contributed by atoms with E-state index in [0.29, 0.717) is 6.54 Å². The molecule has 0 saturated heterocycles. The molecule has 0 N–H and O–H groups in total. The van der Waals surface area contributed by atoms with Gasteiger partial charge in [-0.3, -0.25) is 4.79 Å². The molecule has 0 saturated carbocycles. The Bertz CT molecular complexity index is 540. The van der Waals surface area contributed by atoms with Crippen LogP contribution in [0.5, 0.6) is 0 Å². The Morgan fingerprint density at radius 1 is 1.29 bits per heavy atom. The number of ketones is 1. The van der Waals surface area contributed by atoms with Crippen molar-refractivity contribution in [1.82, 2.24) is 9.47 Å². The summed E-state index contributed by atoms with van der Waals surface area (Å²) in [4.78, 5) is 14.0. The van der Waals surface area contributed by atoms with Crippen LogP contribution in [0.3, 0.4) is 0 Å². The van der Waals surface area contributed by atoms with Crippen molar-refractivity contribution in [2.75, 3.05) is 20.6 Å². The largest absolute Gasteiger partial charge is 0.347 e. The molecule has 0 unspecified atom stereocenters. The lowest BCUT2D eigenvalue weighted by Crippen LogP contribution is -2.21. The minimum Gasteiger partial charge on any atom is -0.347 e. The molecule has 1 heterocycles. The molecule has 0 aliphatic rings. The van der Waals surface area contributed by atoms with Crippen molar-refractivity contribution in [3.8, 4) is 0 Å². The van der Waals surface area contributed by atoms with Crippen molar-refractivity contribution in [1.29, 1.82) is 0 Å². The highest BCUT2D eigenvalue weighted by Gasteiger charge is 2.14. The highest BCUT2D eigenvalue weighted by atomic mass is 16.1. The van der Waals surface area contributed by atoms with Crippen LogP contribution in [0.1, 0.15) is 17.3 Å². The number of carbonyl (C=O) groups is 1. The van der Waals surface area contributed by atoms with Gasteiger partial charge >= 0.3 is 0 Å². The van der Waals surface area contributed by atoms with E-state index >= 15 is 0 Å². The van der Waals surface area contributed by atoms with Gasteiger partial charge in [0.15, 0.2) is 5.78 Å². The van der Waals surface area contributed by atoms with E-state index in [1.54, 1.807) is 0 Å². The van der Waals surface area contributed by atoms with Crippen molar-refractivity contribution in [3.05, 3.63) is 36.0 Å². The zero-order valence-electron chi connectivity index (χ0n) is 10.6. The molecule has 0 atom stereocenters. The smallest absolute Gasteiger partial charge is 0.178 e. The third-order valence-corrected chi connectivity index (χ3v) is 2.89. The van der Waals surface area contributed by atoms with Crippen molar-refractivity contribution in [2.45, 2.75) is 13.5 Å². The number of fused-ring (bicyclic) bond motifs is 1. The van der Waals surface area contributed by atoms with Crippen LogP contribution in [-0.2, 0) is 6.54 Å². The number of para-hydroxylation sites is 1. The van der Waals surface area contributed by atoms with E-state index in [2.05, 4.69) is 17.6 Å². The van der Waals surface area contributed by atoms with Crippen LogP contribution >= 0.6 is 0 Å². The van der Waals surface area contributed by atoms with Gasteiger partial charge in [0.1, 0.15) is 0 Å². The molecule has 0 radical (unpaired) electrons. The van der Waals surface area contributed by atoms with E-state index < -0.39 is 0 Å². The first-order chi connectivity index (χ1) is 8.13. The Kier molecular flexibility index (Phi) is 3.29. The standard InChI is InChI=1S/C14H18N2O/c1-4-16-9-12(14(17)10-15(2)3)11-7-5-6-8-13(11)16/h5-9H,4,10H2,1-3H3. The minimum absolute atomic E-state index is 0.179. The third-order valence-electron chi connectivity index (χ3n) is 2.89. The molecule has 3 nitrogen and oxygen atoms in total. The summed E-state index contributed by atoms with van der Waals surface area (Å²) in [5.74, 6) is 0.179. The number of hydrogen-bond acceptors (Lipinski definition) is 2. The third kappa shape index (κ3) is 2.24. The van der Waals surface area contributed by atoms with Crippen LogP contribution < -0.4 is 0 Å². The number of aromatic nitrogens is 1. The average Bonchev–Trinajstić information content (AvgIpc) is 2.67. The molecule has 0 amide bonds. The lowest BCUT2D eigenvalue weighted by Gasteiger charge is -2.07. The highest BCUT2D eigenvalue weighted by Crippen LogP contribution is 2.21. The topological polar surface area (TPSA) is 25.2 Å². The first-order valence-electron chi connectivity index (χ1n) is 5.89. The summed E-state index contributed by atoms with van der Waals surface area (Å²) in [5.41, 5.74) is 1.97. The highest BCUT2D eigenvalue weighted by molar-refractivity contribution is 6.09. The molecular formula is C14H18N2O. The van der Waals surface area contributed by atoms with Gasteiger partial charge in [0, 0.05) is 29.2 Å². The molecule has 3 heteroatoms. The van der Waals surface area contributed by atoms with Gasteiger partial charge in [-0.1, -0.05) is 18.2 Å². The first kappa shape index (κ1) is 11.9. The van der Waals surface area contributed by atoms with Crippen LogP contribution in [0.15, 0.2) is 30.5 Å². The van der Waals surface area contributed by atoms with Crippen LogP contribution in [0.4, 0.5) is 0 Å². The molecule has 1 aromatic carbocycles. The Balaban J connectivity index is 2.50. The van der Waals surface area contributed by atoms with Gasteiger partial charge in [-0.25, -0.2) is 0 Å². The van der Waals surface area contributed by atoms with Gasteiger partial charge in [0.2, 0.25) is 0 Å². The zero-order chi connectivity index (χ0) is 12.4. The molecule has 90 valence electrons. The van der Waals surface area contributed by atoms with Gasteiger partial charge in [-0.05, 0) is 27.1 Å². The number of aryl methyl sites for hydroxylation is 1. The molecule has 1 aromatic heterocycles. The number of carbonyl (C=O) groups excluding carboxylic acids is 1. The number of nitrogens with zero attached hydrogens (tertiary/aromatic N) is 2. The summed E-state index contributed by atoms with van der Waals surface area (Å²) in [7, 11) is 3.83. The molecule has 17 heavy (non-hydrogen) atoms. The van der Waals surface area contributed by atoms with Gasteiger partial charge in [-0.15, -0.1) is 0 Å². The van der Waals surface area contributed by atoms with E-state index in [-0.39, 0.29) is 5.78 Å². The lowest BCUT2D eigenvalue weighted by molar-refractivity contribution is 0.0959. The second-order valence-corrected chi connectivity index (χ2v) is 4.51. The molecule has 0 aliphatic carbocycles. The number of hydrogen-bond donors (Lipinski definition) is 0. The Morgan fingerprint density at radius 2 is 2.00 bits per heavy atom. The fraction of sp³-hybridized carbons (Fsp3) is 0.357. The van der Waals surface area contributed by atoms with E-state index in [1.807, 2.05) is 43.4 Å². The molecule has 0 spiro atoms. The molecule has 0 fully saturated rings. The number of rotatable bonds is 4. The van der Waals surface area contributed by atoms with E-state index in [0.717, 1.165) is 23.0 Å². The van der Waals surface area contributed by atoms with Gasteiger partial charge in [0.25, 0.3) is 0 Å². The van der Waals surface area contributed by atoms with Gasteiger partial charge in [0.05, 0.1) is 6.54 Å². The molecule has 2 aromatic rings. The van der Waals surface area contributed by atoms with Crippen LogP contribution in [0.25, 0.3) is 10.9 Å². The summed E-state index contributed by atoms with van der Waals surface area (Å²) in [6.45, 7) is 3.43. The molecular weight excluding hydrogens is 212 g/mol. The quantitative estimate of drug-likeness (QED) is 0.754. The van der Waals surface area contributed by atoms with Crippen LogP contribution in [-0.4, -0.2) is 35.9 Å². The Morgan fingerprint density at radius 3 is 2.65 bits per heavy atom. The summed E-state index contributed by atoms with van der Waals surface area (Å²) in [5, 5.41) is 1.06. The maximum absolute atomic E-state index is 12.1. The summed E-state index contributed by atoms with van der Waals surface area (Å²) >= 11 is 0. The number of Topliss-reactive ketones (excluding diaryl/α,β-unsaturated/α-hetero) is 1. The summed E-state index contributed by atoms with van der Waals surface area (Å²) < 4.78 is 2.12. The van der Waals surface area contributed by atoms with Crippen molar-refractivity contribution in [3.63, 3.8) is 0 Å². The van der Waals surface area contributed by atoms with Gasteiger partial charge < -0.3 is 9.47 Å². The second-order valence-electron chi connectivity index (χ2n) is 4.51. The fourth-order valence-corrected chi connectivity index (χ4v) is 2.10. The normalized spacial score (nSPS) is 11.3. The Labute approximate surface area is 102 Å². The van der Waals surface area contributed by atoms with E-state index in [1.165, 1.54) is 0 Å². The monoisotopic (exact) mass is 230 g/mol. The lowest BCUT2D eigenvalue weighted by atomic mass is 10.1. The summed E-state index contributed by atoms with van der Waals surface area (Å²) in [6, 6.07) is 8.07. The second kappa shape index (κ2) is 4.72. The SMILES string of the molecule is CCn1cc(C(=O)CN(C)C)c2ccccc21. The maximum Gasteiger partial charge on any atom is 0.178 e. The minimum atomic E-state index is 0.179. The maximum atomic E-state index is 12.1. The van der Waals surface area contributed by atoms with E-state index in [4.69, 9.17) is 0 Å². The Hall–Kier alpha value is -1.61. The fourth-order valence-electron chi connectivity index (χ4n) is 2.10. The predicted octanol–water partition coefficient (Wildman–Crippen LogP) is 2.41. The summed E-state index contributed by atoms with van der Waals surface area (Å²) in [6.07, 6.45) is 1.97. The zero-order valence-corrected chi connectivity index (χ0v) is 10.6. The average molecular weight is 230 g/mol. The number of benzene rings is 1. The van der Waals surface area contributed by atoms with Crippen molar-refractivity contribution >= 4 is 16.7 Å². The first-order valence-corrected chi connectivity index (χ1v) is 5.89. The van der Waals surface area contributed by atoms with Crippen molar-refractivity contribution in [2.24, 2.45) is 0 Å². The van der Waals surface area contributed by atoms with E-state index in [9.17, 15) is 4.79 Å². The van der Waals surface area contributed by atoms with Crippen LogP contribution in [0, 0.1) is 0 Å². The predicted molar refractivity (Wildman–Crippen MR) is 70.5 cm³/mol.